The second-order valence-electron chi connectivity index (χ2n) is 7.69. The fourth-order valence-corrected chi connectivity index (χ4v) is 3.25. The summed E-state index contributed by atoms with van der Waals surface area (Å²) in [6.07, 6.45) is 1.50. The zero-order valence-corrected chi connectivity index (χ0v) is 20.3. The van der Waals surface area contributed by atoms with Crippen LogP contribution in [-0.2, 0) is 4.79 Å². The molecule has 0 bridgehead atoms. The number of amides is 2. The SMILES string of the molecule is CCOc1cc(/C=N\NC(=O)c2ccc(C)cc2OC)ccc1OCC(=O)Nc1ccccc1C. The molecule has 0 radical (unpaired) electrons. The second-order valence-corrected chi connectivity index (χ2v) is 7.69. The van der Waals surface area contributed by atoms with E-state index in [0.29, 0.717) is 35.0 Å². The fourth-order valence-electron chi connectivity index (χ4n) is 3.25. The largest absolute Gasteiger partial charge is 0.496 e. The van der Waals surface area contributed by atoms with Gasteiger partial charge in [-0.1, -0.05) is 24.3 Å². The highest BCUT2D eigenvalue weighted by atomic mass is 16.5. The molecule has 0 aliphatic carbocycles. The lowest BCUT2D eigenvalue weighted by molar-refractivity contribution is -0.118. The third kappa shape index (κ3) is 7.07. The number of nitrogens with zero attached hydrogens (tertiary/aromatic N) is 1. The summed E-state index contributed by atoms with van der Waals surface area (Å²) in [6.45, 7) is 5.93. The molecule has 182 valence electrons. The smallest absolute Gasteiger partial charge is 0.275 e. The molecule has 0 saturated heterocycles. The second kappa shape index (κ2) is 12.2. The minimum Gasteiger partial charge on any atom is -0.496 e. The molecule has 3 aromatic rings. The van der Waals surface area contributed by atoms with Gasteiger partial charge in [-0.2, -0.15) is 5.10 Å². The average molecular weight is 476 g/mol. The highest BCUT2D eigenvalue weighted by Crippen LogP contribution is 2.28. The van der Waals surface area contributed by atoms with Gasteiger partial charge in [-0.3, -0.25) is 9.59 Å². The molecular weight excluding hydrogens is 446 g/mol. The fraction of sp³-hybridized carbons (Fsp3) is 0.222. The van der Waals surface area contributed by atoms with Gasteiger partial charge in [0.1, 0.15) is 5.75 Å². The molecule has 3 aromatic carbocycles. The quantitative estimate of drug-likeness (QED) is 0.333. The number of carbonyl (C=O) groups excluding carboxylic acids is 2. The molecule has 2 N–H and O–H groups in total. The molecule has 0 aliphatic heterocycles. The van der Waals surface area contributed by atoms with Crippen LogP contribution in [0.3, 0.4) is 0 Å². The number of para-hydroxylation sites is 1. The van der Waals surface area contributed by atoms with Gasteiger partial charge in [0.25, 0.3) is 11.8 Å². The van der Waals surface area contributed by atoms with Gasteiger partial charge in [0.2, 0.25) is 0 Å². The molecule has 3 rings (SSSR count). The van der Waals surface area contributed by atoms with E-state index in [1.54, 1.807) is 30.3 Å². The van der Waals surface area contributed by atoms with Crippen LogP contribution in [0.1, 0.15) is 34.0 Å². The summed E-state index contributed by atoms with van der Waals surface area (Å²) in [5.41, 5.74) is 6.26. The maximum absolute atomic E-state index is 12.5. The van der Waals surface area contributed by atoms with Crippen LogP contribution in [0, 0.1) is 13.8 Å². The van der Waals surface area contributed by atoms with Crippen molar-refractivity contribution in [1.82, 2.24) is 5.43 Å². The van der Waals surface area contributed by atoms with Gasteiger partial charge in [0.05, 0.1) is 25.5 Å². The maximum atomic E-state index is 12.5. The Labute approximate surface area is 204 Å². The molecule has 0 heterocycles. The molecule has 35 heavy (non-hydrogen) atoms. The van der Waals surface area contributed by atoms with Crippen LogP contribution < -0.4 is 25.0 Å². The molecule has 0 fully saturated rings. The van der Waals surface area contributed by atoms with Crippen molar-refractivity contribution in [2.45, 2.75) is 20.8 Å². The van der Waals surface area contributed by atoms with Crippen LogP contribution in [0.15, 0.2) is 65.8 Å². The van der Waals surface area contributed by atoms with Gasteiger partial charge in [-0.25, -0.2) is 5.43 Å². The van der Waals surface area contributed by atoms with Crippen molar-refractivity contribution < 1.29 is 23.8 Å². The Hall–Kier alpha value is -4.33. The summed E-state index contributed by atoms with van der Waals surface area (Å²) in [5.74, 6) is 0.706. The lowest BCUT2D eigenvalue weighted by atomic mass is 10.1. The first-order chi connectivity index (χ1) is 16.9. The number of nitrogens with one attached hydrogen (secondary N) is 2. The van der Waals surface area contributed by atoms with Crippen molar-refractivity contribution in [2.24, 2.45) is 5.10 Å². The van der Waals surface area contributed by atoms with Crippen molar-refractivity contribution in [3.05, 3.63) is 82.9 Å². The number of carbonyl (C=O) groups is 2. The highest BCUT2D eigenvalue weighted by Gasteiger charge is 2.12. The lowest BCUT2D eigenvalue weighted by Gasteiger charge is -2.13. The van der Waals surface area contributed by atoms with E-state index in [0.717, 1.165) is 16.8 Å². The first kappa shape index (κ1) is 25.3. The Bertz CT molecular complexity index is 1220. The summed E-state index contributed by atoms with van der Waals surface area (Å²) in [6, 6.07) is 18.0. The number of hydrazone groups is 1. The van der Waals surface area contributed by atoms with Crippen LogP contribution in [0.4, 0.5) is 5.69 Å². The van der Waals surface area contributed by atoms with Gasteiger partial charge < -0.3 is 19.5 Å². The molecule has 0 saturated carbocycles. The van der Waals surface area contributed by atoms with E-state index in [9.17, 15) is 9.59 Å². The minimum atomic E-state index is -0.386. The zero-order chi connectivity index (χ0) is 25.2. The van der Waals surface area contributed by atoms with Crippen LogP contribution in [0.25, 0.3) is 0 Å². The topological polar surface area (TPSA) is 98.2 Å². The van der Waals surface area contributed by atoms with E-state index in [4.69, 9.17) is 14.2 Å². The third-order valence-electron chi connectivity index (χ3n) is 5.03. The van der Waals surface area contributed by atoms with Gasteiger partial charge in [-0.05, 0) is 73.9 Å². The first-order valence-electron chi connectivity index (χ1n) is 11.1. The zero-order valence-electron chi connectivity index (χ0n) is 20.3. The Balaban J connectivity index is 1.63. The molecule has 0 spiro atoms. The molecule has 0 aliphatic rings. The van der Waals surface area contributed by atoms with Gasteiger partial charge in [0, 0.05) is 5.69 Å². The predicted molar refractivity (Wildman–Crippen MR) is 136 cm³/mol. The van der Waals surface area contributed by atoms with Crippen molar-refractivity contribution in [3.63, 3.8) is 0 Å². The van der Waals surface area contributed by atoms with Crippen molar-refractivity contribution in [1.29, 1.82) is 0 Å². The number of anilines is 1. The summed E-state index contributed by atoms with van der Waals surface area (Å²) >= 11 is 0. The number of rotatable bonds is 10. The first-order valence-corrected chi connectivity index (χ1v) is 11.1. The summed E-state index contributed by atoms with van der Waals surface area (Å²) in [4.78, 5) is 24.8. The lowest BCUT2D eigenvalue weighted by Crippen LogP contribution is -2.21. The molecule has 8 heteroatoms. The van der Waals surface area contributed by atoms with E-state index in [1.807, 2.05) is 51.1 Å². The Morgan fingerprint density at radius 3 is 2.49 bits per heavy atom. The van der Waals surface area contributed by atoms with Gasteiger partial charge in [0.15, 0.2) is 18.1 Å². The number of methoxy groups -OCH3 is 1. The molecule has 0 atom stereocenters. The highest BCUT2D eigenvalue weighted by molar-refractivity contribution is 5.97. The molecule has 0 unspecified atom stereocenters. The number of benzene rings is 3. The van der Waals surface area contributed by atoms with Crippen LogP contribution in [0.5, 0.6) is 17.2 Å². The van der Waals surface area contributed by atoms with Crippen molar-refractivity contribution >= 4 is 23.7 Å². The average Bonchev–Trinajstić information content (AvgIpc) is 2.85. The molecular formula is C27H29N3O5. The van der Waals surface area contributed by atoms with E-state index >= 15 is 0 Å². The summed E-state index contributed by atoms with van der Waals surface area (Å²) < 4.78 is 16.6. The van der Waals surface area contributed by atoms with Gasteiger partial charge >= 0.3 is 0 Å². The third-order valence-corrected chi connectivity index (χ3v) is 5.03. The van der Waals surface area contributed by atoms with Crippen molar-refractivity contribution in [2.75, 3.05) is 25.6 Å². The Morgan fingerprint density at radius 1 is 0.943 bits per heavy atom. The monoisotopic (exact) mass is 475 g/mol. The molecule has 2 amide bonds. The normalized spacial score (nSPS) is 10.6. The number of aryl methyl sites for hydroxylation is 2. The number of hydrogen-bond acceptors (Lipinski definition) is 6. The van der Waals surface area contributed by atoms with E-state index < -0.39 is 0 Å². The summed E-state index contributed by atoms with van der Waals surface area (Å²) in [7, 11) is 1.51. The summed E-state index contributed by atoms with van der Waals surface area (Å²) in [5, 5.41) is 6.87. The molecule has 0 aromatic heterocycles. The maximum Gasteiger partial charge on any atom is 0.275 e. The van der Waals surface area contributed by atoms with E-state index in [2.05, 4.69) is 15.8 Å². The standard InChI is InChI=1S/C27H29N3O5/c1-5-34-25-15-20(16-28-30-27(32)21-12-10-18(2)14-24(21)33-4)11-13-23(25)35-17-26(31)29-22-9-7-6-8-19(22)3/h6-16H,5,17H2,1-4H3,(H,29,31)(H,30,32)/b28-16-. The number of hydrogen-bond donors (Lipinski definition) is 2. The predicted octanol–water partition coefficient (Wildman–Crippen LogP) is 4.49. The van der Waals surface area contributed by atoms with E-state index in [-0.39, 0.29) is 18.4 Å². The molecule has 8 nitrogen and oxygen atoms in total. The Morgan fingerprint density at radius 2 is 1.74 bits per heavy atom. The van der Waals surface area contributed by atoms with Crippen LogP contribution >= 0.6 is 0 Å². The van der Waals surface area contributed by atoms with Crippen LogP contribution in [-0.4, -0.2) is 38.4 Å². The van der Waals surface area contributed by atoms with Crippen LogP contribution in [0.2, 0.25) is 0 Å². The minimum absolute atomic E-state index is 0.170. The number of ether oxygens (including phenoxy) is 3. The van der Waals surface area contributed by atoms with Gasteiger partial charge in [-0.15, -0.1) is 0 Å². The van der Waals surface area contributed by atoms with Crippen molar-refractivity contribution in [3.8, 4) is 17.2 Å². The van der Waals surface area contributed by atoms with E-state index in [1.165, 1.54) is 13.3 Å². The Kier molecular flexibility index (Phi) is 8.83.